The minimum Gasteiger partial charge on any atom is -0.343 e. The summed E-state index contributed by atoms with van der Waals surface area (Å²) in [6.07, 6.45) is 0. The highest BCUT2D eigenvalue weighted by Crippen LogP contribution is 2.26. The molecule has 0 saturated heterocycles. The Morgan fingerprint density at radius 2 is 1.87 bits per heavy atom. The molecule has 2 rings (SSSR count). The quantitative estimate of drug-likeness (QED) is 0.614. The molecule has 6 nitrogen and oxygen atoms in total. The van der Waals surface area contributed by atoms with E-state index in [2.05, 4.69) is 15.5 Å². The molecule has 0 atom stereocenters. The molecular formula is C15H18N4O2S2. The Kier molecular flexibility index (Phi) is 6.54. The molecule has 2 aromatic rings. The monoisotopic (exact) mass is 350 g/mol. The maximum atomic E-state index is 12.0. The van der Waals surface area contributed by atoms with Crippen LogP contribution in [0.2, 0.25) is 0 Å². The number of benzene rings is 1. The third-order valence-corrected chi connectivity index (χ3v) is 5.05. The summed E-state index contributed by atoms with van der Waals surface area (Å²) >= 11 is 2.60. The molecule has 0 spiro atoms. The van der Waals surface area contributed by atoms with Gasteiger partial charge in [-0.3, -0.25) is 14.9 Å². The van der Waals surface area contributed by atoms with E-state index in [1.165, 1.54) is 23.1 Å². The first-order valence-electron chi connectivity index (χ1n) is 7.24. The van der Waals surface area contributed by atoms with Crippen LogP contribution in [0.15, 0.2) is 34.7 Å². The van der Waals surface area contributed by atoms with Gasteiger partial charge < -0.3 is 4.90 Å². The predicted molar refractivity (Wildman–Crippen MR) is 93.0 cm³/mol. The van der Waals surface area contributed by atoms with E-state index in [-0.39, 0.29) is 11.8 Å². The molecule has 0 bridgehead atoms. The van der Waals surface area contributed by atoms with Crippen LogP contribution in [-0.2, 0) is 4.79 Å². The number of thioether (sulfide) groups is 1. The molecular weight excluding hydrogens is 332 g/mol. The Morgan fingerprint density at radius 1 is 1.17 bits per heavy atom. The number of hydrogen-bond acceptors (Lipinski definition) is 6. The van der Waals surface area contributed by atoms with E-state index in [0.717, 1.165) is 0 Å². The van der Waals surface area contributed by atoms with Gasteiger partial charge in [0, 0.05) is 18.7 Å². The van der Waals surface area contributed by atoms with Crippen LogP contribution < -0.4 is 5.32 Å². The van der Waals surface area contributed by atoms with Crippen LogP contribution in [-0.4, -0.2) is 45.8 Å². The second-order valence-corrected chi connectivity index (χ2v) is 6.75. The Balaban J connectivity index is 1.88. The highest BCUT2D eigenvalue weighted by atomic mass is 32.2. The second-order valence-electron chi connectivity index (χ2n) is 4.55. The zero-order valence-electron chi connectivity index (χ0n) is 13.0. The van der Waals surface area contributed by atoms with Gasteiger partial charge in [0.15, 0.2) is 4.34 Å². The molecule has 1 aromatic carbocycles. The molecule has 2 amide bonds. The number of carbonyl (C=O) groups excluding carboxylic acids is 2. The van der Waals surface area contributed by atoms with Crippen molar-refractivity contribution in [2.75, 3.05) is 24.2 Å². The summed E-state index contributed by atoms with van der Waals surface area (Å²) in [6.45, 7) is 5.30. The molecule has 122 valence electrons. The zero-order valence-corrected chi connectivity index (χ0v) is 14.6. The second kappa shape index (κ2) is 8.64. The van der Waals surface area contributed by atoms with Gasteiger partial charge in [0.25, 0.3) is 5.91 Å². The smallest absolute Gasteiger partial charge is 0.257 e. The third-order valence-electron chi connectivity index (χ3n) is 3.10. The molecule has 1 N–H and O–H groups in total. The van der Waals surface area contributed by atoms with Crippen molar-refractivity contribution in [1.29, 1.82) is 0 Å². The van der Waals surface area contributed by atoms with Crippen molar-refractivity contribution in [2.45, 2.75) is 18.2 Å². The first-order chi connectivity index (χ1) is 11.1. The van der Waals surface area contributed by atoms with Crippen molar-refractivity contribution in [2.24, 2.45) is 0 Å². The molecule has 0 aliphatic rings. The van der Waals surface area contributed by atoms with Crippen molar-refractivity contribution >= 4 is 40.0 Å². The van der Waals surface area contributed by atoms with Crippen molar-refractivity contribution in [3.63, 3.8) is 0 Å². The average molecular weight is 350 g/mol. The van der Waals surface area contributed by atoms with E-state index >= 15 is 0 Å². The molecule has 8 heteroatoms. The standard InChI is InChI=1S/C15H18N4O2S2/c1-3-19(4-2)12(20)10-22-15-18-17-14(23-15)16-13(21)11-8-6-5-7-9-11/h5-9H,3-4,10H2,1-2H3,(H,16,17,21). The Morgan fingerprint density at radius 3 is 2.52 bits per heavy atom. The Labute approximate surface area is 143 Å². The number of carbonyl (C=O) groups is 2. The number of hydrogen-bond donors (Lipinski definition) is 1. The fourth-order valence-corrected chi connectivity index (χ4v) is 3.52. The largest absolute Gasteiger partial charge is 0.343 e. The van der Waals surface area contributed by atoms with Crippen LogP contribution in [0, 0.1) is 0 Å². The summed E-state index contributed by atoms with van der Waals surface area (Å²) in [4.78, 5) is 25.7. The van der Waals surface area contributed by atoms with Crippen LogP contribution >= 0.6 is 23.1 Å². The molecule has 23 heavy (non-hydrogen) atoms. The normalized spacial score (nSPS) is 10.3. The van der Waals surface area contributed by atoms with E-state index in [9.17, 15) is 9.59 Å². The lowest BCUT2D eigenvalue weighted by Crippen LogP contribution is -2.31. The highest BCUT2D eigenvalue weighted by Gasteiger charge is 2.13. The minimum absolute atomic E-state index is 0.0741. The first kappa shape index (κ1) is 17.4. The van der Waals surface area contributed by atoms with Crippen molar-refractivity contribution < 1.29 is 9.59 Å². The van der Waals surface area contributed by atoms with Crippen LogP contribution in [0.3, 0.4) is 0 Å². The van der Waals surface area contributed by atoms with Crippen LogP contribution in [0.4, 0.5) is 5.13 Å². The lowest BCUT2D eigenvalue weighted by atomic mass is 10.2. The number of nitrogens with zero attached hydrogens (tertiary/aromatic N) is 3. The number of rotatable bonds is 7. The maximum Gasteiger partial charge on any atom is 0.257 e. The third kappa shape index (κ3) is 5.04. The number of aromatic nitrogens is 2. The van der Waals surface area contributed by atoms with Crippen molar-refractivity contribution in [3.8, 4) is 0 Å². The summed E-state index contributed by atoms with van der Waals surface area (Å²) in [5.41, 5.74) is 0.564. The summed E-state index contributed by atoms with van der Waals surface area (Å²) in [7, 11) is 0. The van der Waals surface area contributed by atoms with Gasteiger partial charge in [0.1, 0.15) is 0 Å². The lowest BCUT2D eigenvalue weighted by Gasteiger charge is -2.17. The van der Waals surface area contributed by atoms with Gasteiger partial charge in [-0.1, -0.05) is 41.3 Å². The predicted octanol–water partition coefficient (Wildman–Crippen LogP) is 2.75. The summed E-state index contributed by atoms with van der Waals surface area (Å²) < 4.78 is 0.661. The molecule has 0 aliphatic carbocycles. The number of amides is 2. The van der Waals surface area contributed by atoms with Gasteiger partial charge >= 0.3 is 0 Å². The summed E-state index contributed by atoms with van der Waals surface area (Å²) in [5, 5.41) is 11.1. The van der Waals surface area contributed by atoms with Crippen molar-refractivity contribution in [3.05, 3.63) is 35.9 Å². The SMILES string of the molecule is CCN(CC)C(=O)CSc1nnc(NC(=O)c2ccccc2)s1. The fraction of sp³-hybridized carbons (Fsp3) is 0.333. The Bertz CT molecular complexity index is 657. The number of nitrogens with one attached hydrogen (secondary N) is 1. The topological polar surface area (TPSA) is 75.2 Å². The fourth-order valence-electron chi connectivity index (χ4n) is 1.87. The van der Waals surface area contributed by atoms with Crippen LogP contribution in [0.25, 0.3) is 0 Å². The minimum atomic E-state index is -0.225. The van der Waals surface area contributed by atoms with E-state index in [4.69, 9.17) is 0 Å². The maximum absolute atomic E-state index is 12.0. The summed E-state index contributed by atoms with van der Waals surface area (Å²) in [5.74, 6) is 0.172. The molecule has 0 radical (unpaired) electrons. The first-order valence-corrected chi connectivity index (χ1v) is 9.04. The van der Waals surface area contributed by atoms with E-state index in [0.29, 0.717) is 33.9 Å². The lowest BCUT2D eigenvalue weighted by molar-refractivity contribution is -0.127. The molecule has 0 unspecified atom stereocenters. The van der Waals surface area contributed by atoms with Gasteiger partial charge in [-0.15, -0.1) is 10.2 Å². The van der Waals surface area contributed by atoms with E-state index in [1.807, 2.05) is 19.9 Å². The molecule has 0 saturated carbocycles. The van der Waals surface area contributed by atoms with Gasteiger partial charge in [-0.25, -0.2) is 0 Å². The molecule has 1 heterocycles. The van der Waals surface area contributed by atoms with E-state index in [1.54, 1.807) is 29.2 Å². The van der Waals surface area contributed by atoms with Crippen LogP contribution in [0.1, 0.15) is 24.2 Å². The number of anilines is 1. The zero-order chi connectivity index (χ0) is 16.7. The summed E-state index contributed by atoms with van der Waals surface area (Å²) in [6, 6.07) is 8.91. The van der Waals surface area contributed by atoms with E-state index < -0.39 is 0 Å². The highest BCUT2D eigenvalue weighted by molar-refractivity contribution is 8.01. The van der Waals surface area contributed by atoms with Crippen molar-refractivity contribution in [1.82, 2.24) is 15.1 Å². The van der Waals surface area contributed by atoms with Gasteiger partial charge in [0.05, 0.1) is 5.75 Å². The molecule has 0 fully saturated rings. The average Bonchev–Trinajstić information content (AvgIpc) is 3.02. The van der Waals surface area contributed by atoms with Gasteiger partial charge in [0.2, 0.25) is 11.0 Å². The van der Waals surface area contributed by atoms with Gasteiger partial charge in [-0.05, 0) is 26.0 Å². The molecule has 0 aliphatic heterocycles. The van der Waals surface area contributed by atoms with Crippen LogP contribution in [0.5, 0.6) is 0 Å². The molecule has 1 aromatic heterocycles. The van der Waals surface area contributed by atoms with Gasteiger partial charge in [-0.2, -0.15) is 0 Å². The Hall–Kier alpha value is -1.93.